The van der Waals surface area contributed by atoms with Crippen LogP contribution in [0.25, 0.3) is 11.0 Å². The van der Waals surface area contributed by atoms with Crippen LogP contribution >= 0.6 is 0 Å². The molecule has 1 aliphatic heterocycles. The smallest absolute Gasteiger partial charge is 0.255 e. The molecule has 122 valence electrons. The van der Waals surface area contributed by atoms with Gasteiger partial charge in [0.05, 0.1) is 17.4 Å². The summed E-state index contributed by atoms with van der Waals surface area (Å²) in [5.74, 6) is 0.345. The monoisotopic (exact) mass is 320 g/mol. The molecular weight excluding hydrogens is 300 g/mol. The number of fused-ring (bicyclic) bond motifs is 1. The van der Waals surface area contributed by atoms with Gasteiger partial charge in [0.25, 0.3) is 5.91 Å². The fourth-order valence-electron chi connectivity index (χ4n) is 3.39. The summed E-state index contributed by atoms with van der Waals surface area (Å²) in [7, 11) is 1.96. The minimum absolute atomic E-state index is 0.0622. The van der Waals surface area contributed by atoms with Crippen molar-refractivity contribution in [3.8, 4) is 0 Å². The molecule has 24 heavy (non-hydrogen) atoms. The minimum Gasteiger partial charge on any atom is -0.334 e. The van der Waals surface area contributed by atoms with Crippen LogP contribution in [-0.4, -0.2) is 28.5 Å². The fraction of sp³-hybridized carbons (Fsp3) is 0.263. The van der Waals surface area contributed by atoms with Crippen LogP contribution in [0, 0.1) is 0 Å². The molecule has 1 amide bonds. The molecule has 2 heterocycles. The lowest BCUT2D eigenvalue weighted by molar-refractivity contribution is 0.102. The lowest BCUT2D eigenvalue weighted by Gasteiger charge is -2.14. The molecule has 5 heteroatoms. The van der Waals surface area contributed by atoms with E-state index >= 15 is 0 Å². The molecule has 1 atom stereocenters. The molecule has 1 aliphatic rings. The SMILES string of the molecule is Cn1cnc2cc(NC(=O)c3ccccc3[C@@H]3CCNC3)ccc21. The third-order valence-corrected chi connectivity index (χ3v) is 4.69. The lowest BCUT2D eigenvalue weighted by Crippen LogP contribution is -2.17. The topological polar surface area (TPSA) is 59.0 Å². The Kier molecular flexibility index (Phi) is 3.78. The van der Waals surface area contributed by atoms with Crippen molar-refractivity contribution < 1.29 is 4.79 Å². The predicted octanol–water partition coefficient (Wildman–Crippen LogP) is 2.90. The zero-order chi connectivity index (χ0) is 16.5. The Bertz CT molecular complexity index is 893. The Morgan fingerprint density at radius 1 is 1.29 bits per heavy atom. The van der Waals surface area contributed by atoms with Crippen molar-refractivity contribution >= 4 is 22.6 Å². The third kappa shape index (κ3) is 2.67. The van der Waals surface area contributed by atoms with E-state index in [2.05, 4.69) is 21.7 Å². The average Bonchev–Trinajstić information content (AvgIpc) is 3.25. The largest absolute Gasteiger partial charge is 0.334 e. The average molecular weight is 320 g/mol. The van der Waals surface area contributed by atoms with Crippen molar-refractivity contribution in [1.82, 2.24) is 14.9 Å². The van der Waals surface area contributed by atoms with Gasteiger partial charge in [0.2, 0.25) is 0 Å². The quantitative estimate of drug-likeness (QED) is 0.780. The summed E-state index contributed by atoms with van der Waals surface area (Å²) < 4.78 is 1.96. The normalized spacial score (nSPS) is 17.3. The highest BCUT2D eigenvalue weighted by Crippen LogP contribution is 2.26. The number of carbonyl (C=O) groups excluding carboxylic acids is 1. The van der Waals surface area contributed by atoms with E-state index in [1.54, 1.807) is 6.33 Å². The van der Waals surface area contributed by atoms with Gasteiger partial charge < -0.3 is 15.2 Å². The van der Waals surface area contributed by atoms with E-state index in [1.165, 1.54) is 0 Å². The third-order valence-electron chi connectivity index (χ3n) is 4.69. The number of anilines is 1. The van der Waals surface area contributed by atoms with E-state index in [9.17, 15) is 4.79 Å². The first-order chi connectivity index (χ1) is 11.7. The van der Waals surface area contributed by atoms with Gasteiger partial charge in [-0.25, -0.2) is 4.98 Å². The second-order valence-electron chi connectivity index (χ2n) is 6.29. The number of aromatic nitrogens is 2. The Balaban J connectivity index is 1.61. The van der Waals surface area contributed by atoms with Gasteiger partial charge >= 0.3 is 0 Å². The number of nitrogens with one attached hydrogen (secondary N) is 2. The molecule has 2 N–H and O–H groups in total. The summed E-state index contributed by atoms with van der Waals surface area (Å²) in [5, 5.41) is 6.38. The second kappa shape index (κ2) is 6.09. The highest BCUT2D eigenvalue weighted by molar-refractivity contribution is 6.06. The molecule has 0 saturated carbocycles. The van der Waals surface area contributed by atoms with Gasteiger partial charge in [-0.1, -0.05) is 18.2 Å². The van der Waals surface area contributed by atoms with E-state index in [0.29, 0.717) is 5.92 Å². The van der Waals surface area contributed by atoms with Crippen molar-refractivity contribution in [3.63, 3.8) is 0 Å². The molecule has 3 aromatic rings. The minimum atomic E-state index is -0.0622. The molecule has 4 rings (SSSR count). The van der Waals surface area contributed by atoms with Crippen molar-refractivity contribution in [2.45, 2.75) is 12.3 Å². The van der Waals surface area contributed by atoms with E-state index in [0.717, 1.165) is 47.4 Å². The number of aryl methyl sites for hydroxylation is 1. The number of hydrogen-bond donors (Lipinski definition) is 2. The van der Waals surface area contributed by atoms with Gasteiger partial charge in [-0.2, -0.15) is 0 Å². The molecule has 1 fully saturated rings. The molecule has 5 nitrogen and oxygen atoms in total. The Hall–Kier alpha value is -2.66. The molecule has 0 spiro atoms. The highest BCUT2D eigenvalue weighted by Gasteiger charge is 2.22. The number of imidazole rings is 1. The maximum absolute atomic E-state index is 12.8. The van der Waals surface area contributed by atoms with Crippen LogP contribution < -0.4 is 10.6 Å². The first kappa shape index (κ1) is 14.9. The lowest BCUT2D eigenvalue weighted by atomic mass is 9.93. The first-order valence-electron chi connectivity index (χ1n) is 8.24. The number of rotatable bonds is 3. The van der Waals surface area contributed by atoms with Crippen LogP contribution in [0.4, 0.5) is 5.69 Å². The van der Waals surface area contributed by atoms with E-state index in [1.807, 2.05) is 48.0 Å². The van der Waals surface area contributed by atoms with Crippen LogP contribution in [0.5, 0.6) is 0 Å². The fourth-order valence-corrected chi connectivity index (χ4v) is 3.39. The number of benzene rings is 2. The maximum atomic E-state index is 12.8. The van der Waals surface area contributed by atoms with E-state index in [4.69, 9.17) is 0 Å². The van der Waals surface area contributed by atoms with E-state index < -0.39 is 0 Å². The molecular formula is C19H20N4O. The molecule has 2 aromatic carbocycles. The zero-order valence-corrected chi connectivity index (χ0v) is 13.6. The highest BCUT2D eigenvalue weighted by atomic mass is 16.1. The van der Waals surface area contributed by atoms with Gasteiger partial charge in [0, 0.05) is 24.8 Å². The van der Waals surface area contributed by atoms with Gasteiger partial charge in [-0.15, -0.1) is 0 Å². The molecule has 0 bridgehead atoms. The summed E-state index contributed by atoms with van der Waals surface area (Å²) >= 11 is 0. The van der Waals surface area contributed by atoms with Crippen molar-refractivity contribution in [3.05, 3.63) is 59.9 Å². The molecule has 1 saturated heterocycles. The molecule has 1 aromatic heterocycles. The summed E-state index contributed by atoms with van der Waals surface area (Å²) in [5.41, 5.74) is 4.57. The Morgan fingerprint density at radius 3 is 3.00 bits per heavy atom. The van der Waals surface area contributed by atoms with Crippen molar-refractivity contribution in [2.75, 3.05) is 18.4 Å². The van der Waals surface area contributed by atoms with Gasteiger partial charge in [0.1, 0.15) is 0 Å². The van der Waals surface area contributed by atoms with Crippen LogP contribution in [0.1, 0.15) is 28.3 Å². The summed E-state index contributed by atoms with van der Waals surface area (Å²) in [6.07, 6.45) is 2.85. The predicted molar refractivity (Wildman–Crippen MR) is 95.3 cm³/mol. The van der Waals surface area contributed by atoms with Crippen molar-refractivity contribution in [2.24, 2.45) is 7.05 Å². The van der Waals surface area contributed by atoms with Crippen LogP contribution in [0.15, 0.2) is 48.8 Å². The van der Waals surface area contributed by atoms with Crippen LogP contribution in [-0.2, 0) is 7.05 Å². The summed E-state index contributed by atoms with van der Waals surface area (Å²) in [4.78, 5) is 17.1. The van der Waals surface area contributed by atoms with Gasteiger partial charge in [0.15, 0.2) is 0 Å². The number of nitrogens with zero attached hydrogens (tertiary/aromatic N) is 2. The standard InChI is InChI=1S/C19H20N4O/c1-23-12-21-17-10-14(6-7-18(17)23)22-19(24)16-5-3-2-4-15(16)13-8-9-20-11-13/h2-7,10,12-13,20H,8-9,11H2,1H3,(H,22,24)/t13-/m1/s1. The number of carbonyl (C=O) groups is 1. The summed E-state index contributed by atoms with van der Waals surface area (Å²) in [6, 6.07) is 13.7. The van der Waals surface area contributed by atoms with Crippen LogP contribution in [0.2, 0.25) is 0 Å². The van der Waals surface area contributed by atoms with Crippen LogP contribution in [0.3, 0.4) is 0 Å². The number of amides is 1. The van der Waals surface area contributed by atoms with Gasteiger partial charge in [-0.05, 0) is 48.7 Å². The van der Waals surface area contributed by atoms with E-state index in [-0.39, 0.29) is 5.91 Å². The summed E-state index contributed by atoms with van der Waals surface area (Å²) in [6.45, 7) is 1.95. The molecule has 0 aliphatic carbocycles. The molecule has 0 unspecified atom stereocenters. The Morgan fingerprint density at radius 2 is 2.17 bits per heavy atom. The van der Waals surface area contributed by atoms with Crippen molar-refractivity contribution in [1.29, 1.82) is 0 Å². The maximum Gasteiger partial charge on any atom is 0.255 e. The molecule has 0 radical (unpaired) electrons. The van der Waals surface area contributed by atoms with Gasteiger partial charge in [-0.3, -0.25) is 4.79 Å². The number of hydrogen-bond acceptors (Lipinski definition) is 3. The second-order valence-corrected chi connectivity index (χ2v) is 6.29. The Labute approximate surface area is 140 Å². The zero-order valence-electron chi connectivity index (χ0n) is 13.6. The first-order valence-corrected chi connectivity index (χ1v) is 8.24.